The molecule has 1 aromatic rings. The van der Waals surface area contributed by atoms with Crippen LogP contribution in [-0.2, 0) is 0 Å². The monoisotopic (exact) mass is 267 g/mol. The Labute approximate surface area is 112 Å². The Kier molecular flexibility index (Phi) is 5.24. The van der Waals surface area contributed by atoms with Crippen LogP contribution in [0, 0.1) is 12.3 Å². The summed E-state index contributed by atoms with van der Waals surface area (Å²) >= 11 is 6.04. The number of aromatic nitrogens is 2. The second-order valence-corrected chi connectivity index (χ2v) is 4.75. The molecule has 1 aromatic heterocycles. The molecule has 0 bridgehead atoms. The summed E-state index contributed by atoms with van der Waals surface area (Å²) in [7, 11) is 0. The largest absolute Gasteiger partial charge is 0.369 e. The first-order valence-corrected chi connectivity index (χ1v) is 6.39. The van der Waals surface area contributed by atoms with Crippen molar-refractivity contribution in [3.8, 4) is 12.3 Å². The van der Waals surface area contributed by atoms with E-state index in [0.29, 0.717) is 5.69 Å². The van der Waals surface area contributed by atoms with Gasteiger partial charge in [0.15, 0.2) is 0 Å². The Morgan fingerprint density at radius 2 is 2.28 bits per heavy atom. The minimum Gasteiger partial charge on any atom is -0.369 e. The van der Waals surface area contributed by atoms with Crippen molar-refractivity contribution in [2.75, 3.05) is 5.32 Å². The molecule has 0 aliphatic carbocycles. The molecule has 0 spiro atoms. The summed E-state index contributed by atoms with van der Waals surface area (Å²) in [5, 5.41) is 7.27. The van der Waals surface area contributed by atoms with Gasteiger partial charge in [0.1, 0.15) is 5.02 Å². The molecule has 0 fully saturated rings. The number of halogens is 1. The van der Waals surface area contributed by atoms with Gasteiger partial charge in [0.2, 0.25) is 0 Å². The van der Waals surface area contributed by atoms with Gasteiger partial charge in [0, 0.05) is 0 Å². The summed E-state index contributed by atoms with van der Waals surface area (Å²) < 4.78 is 1.35. The molecule has 98 valence electrons. The van der Waals surface area contributed by atoms with Gasteiger partial charge in [-0.25, -0.2) is 4.68 Å². The van der Waals surface area contributed by atoms with E-state index in [-0.39, 0.29) is 22.7 Å². The van der Waals surface area contributed by atoms with Crippen molar-refractivity contribution in [3.63, 3.8) is 0 Å². The van der Waals surface area contributed by atoms with Gasteiger partial charge < -0.3 is 5.32 Å². The Bertz CT molecular complexity index is 502. The molecule has 0 saturated heterocycles. The molecule has 18 heavy (non-hydrogen) atoms. The lowest BCUT2D eigenvalue weighted by atomic mass is 10.2. The van der Waals surface area contributed by atoms with E-state index in [4.69, 9.17) is 18.0 Å². The number of terminal acetylenes is 1. The lowest BCUT2D eigenvalue weighted by molar-refractivity contribution is 0.503. The van der Waals surface area contributed by atoms with Crippen LogP contribution >= 0.6 is 11.6 Å². The van der Waals surface area contributed by atoms with E-state index in [1.165, 1.54) is 4.68 Å². The number of nitrogens with one attached hydrogen (secondary N) is 1. The lowest BCUT2D eigenvalue weighted by Gasteiger charge is -2.16. The van der Waals surface area contributed by atoms with Crippen molar-refractivity contribution >= 4 is 17.3 Å². The van der Waals surface area contributed by atoms with E-state index in [1.54, 1.807) is 6.20 Å². The van der Waals surface area contributed by atoms with Gasteiger partial charge in [0.25, 0.3) is 5.56 Å². The van der Waals surface area contributed by atoms with Crippen molar-refractivity contribution in [1.29, 1.82) is 0 Å². The highest BCUT2D eigenvalue weighted by atomic mass is 35.5. The zero-order valence-electron chi connectivity index (χ0n) is 10.9. The van der Waals surface area contributed by atoms with Crippen molar-refractivity contribution < 1.29 is 0 Å². The van der Waals surface area contributed by atoms with Gasteiger partial charge in [-0.05, 0) is 20.3 Å². The average Bonchev–Trinajstić information content (AvgIpc) is 2.33. The van der Waals surface area contributed by atoms with Crippen LogP contribution in [0.15, 0.2) is 11.0 Å². The van der Waals surface area contributed by atoms with Crippen LogP contribution in [0.3, 0.4) is 0 Å². The summed E-state index contributed by atoms with van der Waals surface area (Å²) in [4.78, 5) is 11.9. The number of hydrogen-bond donors (Lipinski definition) is 1. The molecule has 1 heterocycles. The topological polar surface area (TPSA) is 46.9 Å². The van der Waals surface area contributed by atoms with E-state index in [0.717, 1.165) is 12.8 Å². The van der Waals surface area contributed by atoms with Gasteiger partial charge in [-0.2, -0.15) is 5.10 Å². The van der Waals surface area contributed by atoms with Gasteiger partial charge in [-0.1, -0.05) is 30.9 Å². The molecule has 5 heteroatoms. The summed E-state index contributed by atoms with van der Waals surface area (Å²) in [6, 6.07) is -0.160. The smallest absolute Gasteiger partial charge is 0.287 e. The van der Waals surface area contributed by atoms with Crippen LogP contribution in [0.1, 0.15) is 39.7 Å². The van der Waals surface area contributed by atoms with Crippen molar-refractivity contribution in [2.24, 2.45) is 0 Å². The fourth-order valence-electron chi connectivity index (χ4n) is 1.59. The van der Waals surface area contributed by atoms with Gasteiger partial charge >= 0.3 is 0 Å². The summed E-state index contributed by atoms with van der Waals surface area (Å²) in [6.07, 6.45) is 8.73. The van der Waals surface area contributed by atoms with Crippen LogP contribution in [0.5, 0.6) is 0 Å². The van der Waals surface area contributed by atoms with E-state index >= 15 is 0 Å². The summed E-state index contributed by atoms with van der Waals surface area (Å²) in [5.41, 5.74) is 0.193. The summed E-state index contributed by atoms with van der Waals surface area (Å²) in [5.74, 6) is 2.63. The van der Waals surface area contributed by atoms with Crippen LogP contribution in [0.4, 0.5) is 5.69 Å². The number of anilines is 1. The van der Waals surface area contributed by atoms with E-state index in [9.17, 15) is 4.79 Å². The van der Waals surface area contributed by atoms with Gasteiger partial charge in [-0.3, -0.25) is 4.79 Å². The highest BCUT2D eigenvalue weighted by molar-refractivity contribution is 6.32. The minimum absolute atomic E-state index is 0.0249. The van der Waals surface area contributed by atoms with Crippen LogP contribution in [-0.4, -0.2) is 15.8 Å². The van der Waals surface area contributed by atoms with E-state index in [2.05, 4.69) is 16.3 Å². The molecular weight excluding hydrogens is 250 g/mol. The van der Waals surface area contributed by atoms with E-state index < -0.39 is 0 Å². The normalized spacial score (nSPS) is 12.2. The Balaban J connectivity index is 3.03. The standard InChI is InChI=1S/C13H18ClN3O/c1-5-7-10(6-2)16-11-8-15-17(9(3)4)13(18)12(11)14/h2,8-10,16H,5,7H2,1,3-4H3. The van der Waals surface area contributed by atoms with Crippen molar-refractivity contribution in [1.82, 2.24) is 9.78 Å². The maximum atomic E-state index is 11.9. The van der Waals surface area contributed by atoms with Crippen LogP contribution in [0.2, 0.25) is 5.02 Å². The Morgan fingerprint density at radius 3 is 2.78 bits per heavy atom. The number of rotatable bonds is 5. The molecule has 0 aromatic carbocycles. The molecule has 1 rings (SSSR count). The first kappa shape index (κ1) is 14.6. The fraction of sp³-hybridized carbons (Fsp3) is 0.538. The van der Waals surface area contributed by atoms with Gasteiger partial charge in [0.05, 0.1) is 24.0 Å². The second-order valence-electron chi connectivity index (χ2n) is 4.37. The highest BCUT2D eigenvalue weighted by Gasteiger charge is 2.13. The second kappa shape index (κ2) is 6.46. The lowest BCUT2D eigenvalue weighted by Crippen LogP contribution is -2.27. The van der Waals surface area contributed by atoms with Crippen molar-refractivity contribution in [3.05, 3.63) is 21.6 Å². The van der Waals surface area contributed by atoms with Crippen molar-refractivity contribution in [2.45, 2.75) is 45.7 Å². The highest BCUT2D eigenvalue weighted by Crippen LogP contribution is 2.18. The molecular formula is C13H18ClN3O. The molecule has 0 radical (unpaired) electrons. The SMILES string of the molecule is C#CC(CCC)Nc1cnn(C(C)C)c(=O)c1Cl. The van der Waals surface area contributed by atoms with Crippen LogP contribution < -0.4 is 10.9 Å². The number of nitrogens with zero attached hydrogens (tertiary/aromatic N) is 2. The molecule has 1 N–H and O–H groups in total. The third-order valence-electron chi connectivity index (χ3n) is 2.54. The third-order valence-corrected chi connectivity index (χ3v) is 2.91. The predicted octanol–water partition coefficient (Wildman–Crippen LogP) is 2.69. The molecule has 0 aliphatic heterocycles. The molecule has 0 amide bonds. The first-order chi connectivity index (χ1) is 8.51. The maximum absolute atomic E-state index is 11.9. The summed E-state index contributed by atoms with van der Waals surface area (Å²) in [6.45, 7) is 5.79. The zero-order chi connectivity index (χ0) is 13.7. The average molecular weight is 268 g/mol. The Hall–Kier alpha value is -1.47. The minimum atomic E-state index is -0.302. The number of hydrogen-bond acceptors (Lipinski definition) is 3. The Morgan fingerprint density at radius 1 is 1.61 bits per heavy atom. The molecule has 1 unspecified atom stereocenters. The molecule has 4 nitrogen and oxygen atoms in total. The van der Waals surface area contributed by atoms with Crippen LogP contribution in [0.25, 0.3) is 0 Å². The fourth-order valence-corrected chi connectivity index (χ4v) is 1.78. The molecule has 0 aliphatic rings. The molecule has 0 saturated carbocycles. The van der Waals surface area contributed by atoms with E-state index in [1.807, 2.05) is 20.8 Å². The maximum Gasteiger partial charge on any atom is 0.287 e. The van der Waals surface area contributed by atoms with Gasteiger partial charge in [-0.15, -0.1) is 6.42 Å². The molecule has 1 atom stereocenters. The predicted molar refractivity (Wildman–Crippen MR) is 75.0 cm³/mol. The first-order valence-electron chi connectivity index (χ1n) is 6.01. The zero-order valence-corrected chi connectivity index (χ0v) is 11.7. The third kappa shape index (κ3) is 3.27. The quantitative estimate of drug-likeness (QED) is 0.835.